The average molecular weight is 476 g/mol. The van der Waals surface area contributed by atoms with Crippen molar-refractivity contribution in [2.75, 3.05) is 26.7 Å². The average Bonchev–Trinajstić information content (AvgIpc) is 2.99. The van der Waals surface area contributed by atoms with Crippen molar-refractivity contribution in [1.82, 2.24) is 9.80 Å². The molecule has 0 radical (unpaired) electrons. The first-order valence-corrected chi connectivity index (χ1v) is 11.7. The lowest BCUT2D eigenvalue weighted by molar-refractivity contribution is 0.0581. The Balaban J connectivity index is 1.49. The van der Waals surface area contributed by atoms with E-state index in [1.54, 1.807) is 19.2 Å². The number of methoxy groups -OCH3 is 1. The minimum atomic E-state index is -0.0493. The van der Waals surface area contributed by atoms with Crippen LogP contribution < -0.4 is 9.47 Å². The molecule has 3 aromatic carbocycles. The van der Waals surface area contributed by atoms with Crippen LogP contribution in [0.15, 0.2) is 65.7 Å². The van der Waals surface area contributed by atoms with Gasteiger partial charge in [-0.1, -0.05) is 29.8 Å². The summed E-state index contributed by atoms with van der Waals surface area (Å²) < 4.78 is 11.8. The number of carbonyl (C=O) groups excluding carboxylic acids is 1. The number of carbonyl (C=O) groups is 1. The summed E-state index contributed by atoms with van der Waals surface area (Å²) in [5.41, 5.74) is 3.28. The van der Waals surface area contributed by atoms with Gasteiger partial charge in [-0.05, 0) is 61.9 Å². The van der Waals surface area contributed by atoms with Crippen LogP contribution in [0.3, 0.4) is 0 Å². The molecule has 1 atom stereocenters. The van der Waals surface area contributed by atoms with Gasteiger partial charge in [0.05, 0.1) is 23.3 Å². The van der Waals surface area contributed by atoms with Crippen LogP contribution in [0.5, 0.6) is 17.2 Å². The third kappa shape index (κ3) is 4.10. The van der Waals surface area contributed by atoms with Crippen LogP contribution in [0.25, 0.3) is 0 Å². The number of benzene rings is 3. The molecule has 0 spiro atoms. The maximum Gasteiger partial charge on any atom is 0.255 e. The maximum absolute atomic E-state index is 13.2. The lowest BCUT2D eigenvalue weighted by atomic mass is 10.1. The van der Waals surface area contributed by atoms with Crippen molar-refractivity contribution in [3.63, 3.8) is 0 Å². The predicted molar refractivity (Wildman–Crippen MR) is 134 cm³/mol. The number of rotatable bonds is 2. The first kappa shape index (κ1) is 22.3. The SMILES string of the molecule is COc1ccc2c(c1)C(N1CCN(C(=O)c3ccccc3Cl)C(C)C1)=Nc1ccc(C)cc1O2. The maximum atomic E-state index is 13.2. The molecule has 0 aliphatic carbocycles. The third-order valence-corrected chi connectivity index (χ3v) is 6.61. The molecule has 0 saturated carbocycles. The van der Waals surface area contributed by atoms with Crippen molar-refractivity contribution < 1.29 is 14.3 Å². The smallest absolute Gasteiger partial charge is 0.255 e. The fourth-order valence-corrected chi connectivity index (χ4v) is 4.69. The number of amides is 1. The number of hydrogen-bond donors (Lipinski definition) is 0. The second kappa shape index (κ2) is 9.03. The molecule has 1 amide bonds. The van der Waals surface area contributed by atoms with Gasteiger partial charge in [0.2, 0.25) is 0 Å². The summed E-state index contributed by atoms with van der Waals surface area (Å²) >= 11 is 6.30. The standard InChI is InChI=1S/C27H26ClN3O3/c1-17-8-10-23-25(14-17)34-24-11-9-19(33-3)15-21(24)26(29-23)30-12-13-31(18(2)16-30)27(32)20-6-4-5-7-22(20)28/h4-11,14-15,18H,12-13,16H2,1-3H3. The van der Waals surface area contributed by atoms with Crippen LogP contribution in [-0.2, 0) is 0 Å². The fourth-order valence-electron chi connectivity index (χ4n) is 4.47. The van der Waals surface area contributed by atoms with Crippen LogP contribution in [0.2, 0.25) is 5.02 Å². The van der Waals surface area contributed by atoms with E-state index < -0.39 is 0 Å². The Morgan fingerprint density at radius 3 is 2.68 bits per heavy atom. The second-order valence-corrected chi connectivity index (χ2v) is 9.05. The minimum absolute atomic E-state index is 0.0315. The molecule has 0 aromatic heterocycles. The summed E-state index contributed by atoms with van der Waals surface area (Å²) in [6.07, 6.45) is 0. The molecule has 1 saturated heterocycles. The number of amidine groups is 1. The van der Waals surface area contributed by atoms with Crippen LogP contribution in [0.1, 0.15) is 28.4 Å². The molecule has 3 aromatic rings. The molecular weight excluding hydrogens is 450 g/mol. The molecule has 0 N–H and O–H groups in total. The van der Waals surface area contributed by atoms with E-state index in [2.05, 4.69) is 11.8 Å². The Morgan fingerprint density at radius 2 is 1.91 bits per heavy atom. The highest BCUT2D eigenvalue weighted by atomic mass is 35.5. The number of nitrogens with zero attached hydrogens (tertiary/aromatic N) is 3. The third-order valence-electron chi connectivity index (χ3n) is 6.28. The van der Waals surface area contributed by atoms with Gasteiger partial charge in [-0.15, -0.1) is 0 Å². The van der Waals surface area contributed by atoms with Gasteiger partial charge in [-0.2, -0.15) is 0 Å². The van der Waals surface area contributed by atoms with Gasteiger partial charge < -0.3 is 19.3 Å². The highest BCUT2D eigenvalue weighted by molar-refractivity contribution is 6.33. The number of piperazine rings is 1. The van der Waals surface area contributed by atoms with Crippen LogP contribution in [-0.4, -0.2) is 54.3 Å². The molecule has 5 rings (SSSR count). The topological polar surface area (TPSA) is 54.4 Å². The van der Waals surface area contributed by atoms with E-state index >= 15 is 0 Å². The molecule has 174 valence electrons. The van der Waals surface area contributed by atoms with Gasteiger partial charge in [0, 0.05) is 25.7 Å². The lowest BCUT2D eigenvalue weighted by Gasteiger charge is -2.41. The molecule has 2 aliphatic heterocycles. The summed E-state index contributed by atoms with van der Waals surface area (Å²) in [5, 5.41) is 0.473. The van der Waals surface area contributed by atoms with E-state index in [9.17, 15) is 4.79 Å². The monoisotopic (exact) mass is 475 g/mol. The minimum Gasteiger partial charge on any atom is -0.497 e. The van der Waals surface area contributed by atoms with E-state index in [-0.39, 0.29) is 11.9 Å². The summed E-state index contributed by atoms with van der Waals surface area (Å²) in [7, 11) is 1.65. The molecule has 7 heteroatoms. The van der Waals surface area contributed by atoms with Crippen molar-refractivity contribution in [3.8, 4) is 17.2 Å². The van der Waals surface area contributed by atoms with Crippen LogP contribution in [0, 0.1) is 6.92 Å². The largest absolute Gasteiger partial charge is 0.497 e. The van der Waals surface area contributed by atoms with Crippen molar-refractivity contribution in [1.29, 1.82) is 0 Å². The second-order valence-electron chi connectivity index (χ2n) is 8.64. The summed E-state index contributed by atoms with van der Waals surface area (Å²) in [6, 6.07) is 18.9. The zero-order valence-corrected chi connectivity index (χ0v) is 20.2. The van der Waals surface area contributed by atoms with Crippen molar-refractivity contribution in [2.24, 2.45) is 4.99 Å². The molecular formula is C27H26ClN3O3. The first-order valence-electron chi connectivity index (χ1n) is 11.3. The number of fused-ring (bicyclic) bond motifs is 2. The first-order chi connectivity index (χ1) is 16.4. The lowest BCUT2D eigenvalue weighted by Crippen LogP contribution is -2.55. The Hall–Kier alpha value is -3.51. The van der Waals surface area contributed by atoms with Crippen LogP contribution in [0.4, 0.5) is 5.69 Å². The van der Waals surface area contributed by atoms with Gasteiger partial charge in [0.15, 0.2) is 5.75 Å². The molecule has 1 unspecified atom stereocenters. The molecule has 6 nitrogen and oxygen atoms in total. The van der Waals surface area contributed by atoms with Gasteiger partial charge >= 0.3 is 0 Å². The number of aryl methyl sites for hydroxylation is 1. The number of aliphatic imine (C=N–C) groups is 1. The normalized spacial score (nSPS) is 17.2. The molecule has 2 heterocycles. The predicted octanol–water partition coefficient (Wildman–Crippen LogP) is 5.69. The Kier molecular flexibility index (Phi) is 5.92. The molecule has 34 heavy (non-hydrogen) atoms. The van der Waals surface area contributed by atoms with Crippen molar-refractivity contribution in [3.05, 3.63) is 82.4 Å². The Morgan fingerprint density at radius 1 is 1.09 bits per heavy atom. The van der Waals surface area contributed by atoms with Gasteiger partial charge in [0.1, 0.15) is 23.0 Å². The molecule has 0 bridgehead atoms. The Bertz CT molecular complexity index is 1290. The van der Waals surface area contributed by atoms with E-state index in [4.69, 9.17) is 26.1 Å². The van der Waals surface area contributed by atoms with E-state index in [0.717, 1.165) is 39.9 Å². The quantitative estimate of drug-likeness (QED) is 0.478. The highest BCUT2D eigenvalue weighted by Gasteiger charge is 2.32. The van der Waals surface area contributed by atoms with Crippen LogP contribution >= 0.6 is 11.6 Å². The molecule has 2 aliphatic rings. The molecule has 1 fully saturated rings. The zero-order valence-electron chi connectivity index (χ0n) is 19.4. The van der Waals surface area contributed by atoms with Gasteiger partial charge in [-0.3, -0.25) is 4.79 Å². The van der Waals surface area contributed by atoms with Gasteiger partial charge in [0.25, 0.3) is 5.91 Å². The highest BCUT2D eigenvalue weighted by Crippen LogP contribution is 2.40. The summed E-state index contributed by atoms with van der Waals surface area (Å²) in [6.45, 7) is 5.92. The van der Waals surface area contributed by atoms with Gasteiger partial charge in [-0.25, -0.2) is 4.99 Å². The number of ether oxygens (including phenoxy) is 2. The van der Waals surface area contributed by atoms with Crippen molar-refractivity contribution in [2.45, 2.75) is 19.9 Å². The summed E-state index contributed by atoms with van der Waals surface area (Å²) in [4.78, 5) is 22.3. The van der Waals surface area contributed by atoms with Crippen molar-refractivity contribution >= 4 is 29.0 Å². The number of hydrogen-bond acceptors (Lipinski definition) is 5. The van der Waals surface area contributed by atoms with E-state index in [0.29, 0.717) is 30.2 Å². The van der Waals surface area contributed by atoms with E-state index in [1.165, 1.54) is 0 Å². The zero-order chi connectivity index (χ0) is 23.8. The summed E-state index contributed by atoms with van der Waals surface area (Å²) in [5.74, 6) is 2.95. The fraction of sp³-hybridized carbons (Fsp3) is 0.259. The Labute approximate surface area is 204 Å². The number of halogens is 1. The van der Waals surface area contributed by atoms with E-state index in [1.807, 2.05) is 60.4 Å².